The topological polar surface area (TPSA) is 30.2 Å². The van der Waals surface area contributed by atoms with Gasteiger partial charge in [-0.2, -0.15) is 0 Å². The van der Waals surface area contributed by atoms with Crippen LogP contribution in [0.2, 0.25) is 0 Å². The molecule has 0 fully saturated rings. The molecule has 9 rings (SSSR count). The number of para-hydroxylation sites is 3. The van der Waals surface area contributed by atoms with E-state index in [1.54, 1.807) is 6.92 Å². The van der Waals surface area contributed by atoms with Gasteiger partial charge in [0.05, 0.1) is 22.1 Å². The first-order valence-electron chi connectivity index (χ1n) is 16.7. The highest BCUT2D eigenvalue weighted by atomic mass is 16.1. The monoisotopic (exact) mass is 631 g/mol. The summed E-state index contributed by atoms with van der Waals surface area (Å²) in [6.45, 7) is 3.73. The minimum atomic E-state index is 0.0670. The van der Waals surface area contributed by atoms with E-state index in [0.29, 0.717) is 5.56 Å². The lowest BCUT2D eigenvalue weighted by atomic mass is 10.1. The van der Waals surface area contributed by atoms with Crippen LogP contribution in [0.4, 0.5) is 17.1 Å². The number of aromatic nitrogens is 2. The molecular formula is C45H33N3O. The zero-order chi connectivity index (χ0) is 33.1. The standard InChI is InChI=1S/C45H33N3O/c1-30-16-20-34(21-17-30)47-42-14-8-6-12-38(42)40-28-36(24-26-44(40)47)46(33-10-4-3-5-11-33)37-25-27-45-41(29-37)39-13-7-9-15-43(39)48(45)35-22-18-32(19-23-35)31(2)49/h3-29H,1-2H3. The van der Waals surface area contributed by atoms with Crippen molar-refractivity contribution in [2.75, 3.05) is 4.90 Å². The highest BCUT2D eigenvalue weighted by Crippen LogP contribution is 2.42. The van der Waals surface area contributed by atoms with Crippen LogP contribution in [0.3, 0.4) is 0 Å². The Morgan fingerprint density at radius 2 is 0.898 bits per heavy atom. The maximum Gasteiger partial charge on any atom is 0.159 e. The quantitative estimate of drug-likeness (QED) is 0.171. The summed E-state index contributed by atoms with van der Waals surface area (Å²) in [5.74, 6) is 0.0670. The smallest absolute Gasteiger partial charge is 0.159 e. The third kappa shape index (κ3) is 4.72. The molecule has 0 aliphatic heterocycles. The molecule has 49 heavy (non-hydrogen) atoms. The largest absolute Gasteiger partial charge is 0.310 e. The molecule has 0 bridgehead atoms. The molecule has 0 atom stereocenters. The predicted molar refractivity (Wildman–Crippen MR) is 205 cm³/mol. The molecule has 0 saturated carbocycles. The molecule has 0 amide bonds. The van der Waals surface area contributed by atoms with Gasteiger partial charge < -0.3 is 14.0 Å². The maximum absolute atomic E-state index is 12.0. The number of aryl methyl sites for hydroxylation is 1. The first kappa shape index (κ1) is 28.8. The van der Waals surface area contributed by atoms with Crippen molar-refractivity contribution in [1.29, 1.82) is 0 Å². The fraction of sp³-hybridized carbons (Fsp3) is 0.0444. The predicted octanol–water partition coefficient (Wildman–Crippen LogP) is 11.9. The number of rotatable bonds is 6. The van der Waals surface area contributed by atoms with Gasteiger partial charge in [0.1, 0.15) is 0 Å². The lowest BCUT2D eigenvalue weighted by molar-refractivity contribution is 0.101. The van der Waals surface area contributed by atoms with E-state index >= 15 is 0 Å². The highest BCUT2D eigenvalue weighted by Gasteiger charge is 2.19. The van der Waals surface area contributed by atoms with Crippen LogP contribution < -0.4 is 4.90 Å². The van der Waals surface area contributed by atoms with Crippen LogP contribution in [-0.4, -0.2) is 14.9 Å². The summed E-state index contributed by atoms with van der Waals surface area (Å²) in [6.07, 6.45) is 0. The molecule has 0 spiro atoms. The van der Waals surface area contributed by atoms with Crippen LogP contribution in [0.25, 0.3) is 55.0 Å². The van der Waals surface area contributed by atoms with Gasteiger partial charge in [-0.15, -0.1) is 0 Å². The van der Waals surface area contributed by atoms with Gasteiger partial charge in [-0.1, -0.05) is 72.3 Å². The van der Waals surface area contributed by atoms with Crippen LogP contribution >= 0.6 is 0 Å². The molecule has 234 valence electrons. The molecule has 0 unspecified atom stereocenters. The minimum absolute atomic E-state index is 0.0670. The summed E-state index contributed by atoms with van der Waals surface area (Å²) >= 11 is 0. The van der Waals surface area contributed by atoms with Crippen molar-refractivity contribution in [2.24, 2.45) is 0 Å². The average Bonchev–Trinajstić information content (AvgIpc) is 3.65. The maximum atomic E-state index is 12.0. The Balaban J connectivity index is 1.25. The Labute approximate surface area is 284 Å². The van der Waals surface area contributed by atoms with Gasteiger partial charge >= 0.3 is 0 Å². The van der Waals surface area contributed by atoms with Gasteiger partial charge in [0.25, 0.3) is 0 Å². The number of benzene rings is 7. The summed E-state index contributed by atoms with van der Waals surface area (Å²) in [5.41, 5.74) is 12.0. The summed E-state index contributed by atoms with van der Waals surface area (Å²) in [5, 5.41) is 4.78. The number of Topliss-reactive ketones (excluding diaryl/α,β-unsaturated/α-hetero) is 1. The van der Waals surface area contributed by atoms with Gasteiger partial charge in [0.2, 0.25) is 0 Å². The SMILES string of the molecule is CC(=O)c1ccc(-n2c3ccccc3c3cc(N(c4ccccc4)c4ccc5c(c4)c4ccccc4n5-c4ccc(C)cc4)ccc32)cc1. The van der Waals surface area contributed by atoms with Crippen molar-refractivity contribution in [3.05, 3.63) is 175 Å². The normalized spacial score (nSPS) is 11.6. The second-order valence-corrected chi connectivity index (χ2v) is 12.7. The van der Waals surface area contributed by atoms with E-state index in [0.717, 1.165) is 39.5 Å². The molecule has 0 saturated heterocycles. The van der Waals surface area contributed by atoms with Crippen molar-refractivity contribution in [3.8, 4) is 11.4 Å². The number of ketones is 1. The number of hydrogen-bond acceptors (Lipinski definition) is 2. The Bertz CT molecular complexity index is 2680. The first-order valence-corrected chi connectivity index (χ1v) is 16.7. The van der Waals surface area contributed by atoms with Gasteiger partial charge in [-0.3, -0.25) is 4.79 Å². The third-order valence-electron chi connectivity index (χ3n) is 9.67. The fourth-order valence-electron chi connectivity index (χ4n) is 7.32. The zero-order valence-corrected chi connectivity index (χ0v) is 27.3. The van der Waals surface area contributed by atoms with Gasteiger partial charge in [0.15, 0.2) is 5.78 Å². The Hall–Kier alpha value is -6.39. The summed E-state index contributed by atoms with van der Waals surface area (Å²) in [6, 6.07) is 58.1. The van der Waals surface area contributed by atoms with E-state index < -0.39 is 0 Å². The van der Waals surface area contributed by atoms with E-state index in [2.05, 4.69) is 160 Å². The molecule has 0 radical (unpaired) electrons. The van der Waals surface area contributed by atoms with E-state index in [1.165, 1.54) is 38.1 Å². The van der Waals surface area contributed by atoms with Crippen LogP contribution in [0, 0.1) is 6.92 Å². The zero-order valence-electron chi connectivity index (χ0n) is 27.3. The Morgan fingerprint density at radius 1 is 0.449 bits per heavy atom. The lowest BCUT2D eigenvalue weighted by Gasteiger charge is -2.26. The fourth-order valence-corrected chi connectivity index (χ4v) is 7.32. The van der Waals surface area contributed by atoms with Crippen LogP contribution in [-0.2, 0) is 0 Å². The number of fused-ring (bicyclic) bond motifs is 6. The molecule has 0 N–H and O–H groups in total. The third-order valence-corrected chi connectivity index (χ3v) is 9.67. The van der Waals surface area contributed by atoms with Gasteiger partial charge in [-0.25, -0.2) is 0 Å². The first-order chi connectivity index (χ1) is 24.0. The average molecular weight is 632 g/mol. The molecular weight excluding hydrogens is 599 g/mol. The Morgan fingerprint density at radius 3 is 1.41 bits per heavy atom. The molecule has 4 heteroatoms. The van der Waals surface area contributed by atoms with Crippen LogP contribution in [0.15, 0.2) is 164 Å². The highest BCUT2D eigenvalue weighted by molar-refractivity contribution is 6.12. The second-order valence-electron chi connectivity index (χ2n) is 12.7. The summed E-state index contributed by atoms with van der Waals surface area (Å²) in [7, 11) is 0. The van der Waals surface area contributed by atoms with Crippen LogP contribution in [0.5, 0.6) is 0 Å². The van der Waals surface area contributed by atoms with E-state index in [-0.39, 0.29) is 5.78 Å². The molecule has 2 aromatic heterocycles. The van der Waals surface area contributed by atoms with Gasteiger partial charge in [0, 0.05) is 55.5 Å². The summed E-state index contributed by atoms with van der Waals surface area (Å²) < 4.78 is 4.65. The molecule has 0 aliphatic carbocycles. The van der Waals surface area contributed by atoms with E-state index in [9.17, 15) is 4.79 Å². The van der Waals surface area contributed by atoms with E-state index in [4.69, 9.17) is 0 Å². The molecule has 0 aliphatic rings. The van der Waals surface area contributed by atoms with Crippen molar-refractivity contribution in [1.82, 2.24) is 9.13 Å². The molecule has 2 heterocycles. The van der Waals surface area contributed by atoms with Gasteiger partial charge in [-0.05, 0) is 111 Å². The second kappa shape index (κ2) is 11.4. The minimum Gasteiger partial charge on any atom is -0.310 e. The summed E-state index contributed by atoms with van der Waals surface area (Å²) in [4.78, 5) is 14.4. The van der Waals surface area contributed by atoms with Crippen molar-refractivity contribution in [3.63, 3.8) is 0 Å². The lowest BCUT2D eigenvalue weighted by Crippen LogP contribution is -2.09. The number of anilines is 3. The number of carbonyl (C=O) groups is 1. The van der Waals surface area contributed by atoms with E-state index in [1.807, 2.05) is 24.3 Å². The molecule has 7 aromatic carbocycles. The van der Waals surface area contributed by atoms with Crippen molar-refractivity contribution >= 4 is 66.5 Å². The Kier molecular flexibility index (Phi) is 6.70. The molecule has 4 nitrogen and oxygen atoms in total. The van der Waals surface area contributed by atoms with Crippen molar-refractivity contribution < 1.29 is 4.79 Å². The number of nitrogens with zero attached hydrogens (tertiary/aromatic N) is 3. The number of hydrogen-bond donors (Lipinski definition) is 0. The molecule has 9 aromatic rings. The van der Waals surface area contributed by atoms with Crippen LogP contribution in [0.1, 0.15) is 22.8 Å². The van der Waals surface area contributed by atoms with Crippen molar-refractivity contribution in [2.45, 2.75) is 13.8 Å². The number of carbonyl (C=O) groups excluding carboxylic acids is 1.